The van der Waals surface area contributed by atoms with Crippen molar-refractivity contribution in [2.24, 2.45) is 17.8 Å². The number of hydrogen-bond donors (Lipinski definition) is 1. The molecule has 1 spiro atoms. The number of ether oxygens (including phenoxy) is 2. The number of fused-ring (bicyclic) bond motifs is 3. The summed E-state index contributed by atoms with van der Waals surface area (Å²) in [6, 6.07) is 11.4. The molecule has 2 fully saturated rings. The molecule has 0 bridgehead atoms. The number of nitrogens with zero attached hydrogens (tertiary/aromatic N) is 1. The molecular weight excluding hydrogens is 590 g/mol. The van der Waals surface area contributed by atoms with Gasteiger partial charge in [-0.3, -0.25) is 4.18 Å². The number of methoxy groups -OCH3 is 1. The molecule has 6 atom stereocenters. The molecule has 43 heavy (non-hydrogen) atoms. The van der Waals surface area contributed by atoms with Crippen LogP contribution in [0.4, 0.5) is 5.69 Å². The van der Waals surface area contributed by atoms with Crippen LogP contribution in [0.5, 0.6) is 5.75 Å². The zero-order valence-corrected chi connectivity index (χ0v) is 26.5. The Hall–Kier alpha value is -2.33. The number of hydrogen-bond acceptors (Lipinski definition) is 7. The van der Waals surface area contributed by atoms with Crippen LogP contribution in [0.15, 0.2) is 36.4 Å². The molecule has 234 valence electrons. The SMILES string of the molecule is CO[C@@H]([C@H]1CCC[C@@H](OS(C)(=O)=O)C1)[C@@H]1CC[C@H]1CN1CC2(CCCc3cc(Cl)ccc32)COc2ccc(C(=O)O)cc21. The molecular formula is C33H42ClNO7S. The van der Waals surface area contributed by atoms with E-state index in [-0.39, 0.29) is 29.1 Å². The van der Waals surface area contributed by atoms with Crippen molar-refractivity contribution in [3.8, 4) is 5.75 Å². The molecule has 8 nitrogen and oxygen atoms in total. The average Bonchev–Trinajstić information content (AvgIpc) is 3.10. The maximum atomic E-state index is 12.0. The van der Waals surface area contributed by atoms with Crippen LogP contribution in [0.2, 0.25) is 5.02 Å². The standard InChI is InChI=1S/C33H42ClNO7S/c1-40-31(22-5-3-7-26(16-22)42-43(2,38)39)27-11-8-24(27)18-35-19-33(14-4-6-21-15-25(34)10-12-28(21)33)20-41-30-13-9-23(32(36)37)17-29(30)35/h9-10,12-13,15,17,22,24,26-27,31H,3-8,11,14,16,18-20H2,1-2H3,(H,36,37)/t22-,24-,26+,27+,31-,33?/m0/s1. The van der Waals surface area contributed by atoms with Crippen LogP contribution in [0, 0.1) is 17.8 Å². The number of carboxylic acids is 1. The lowest BCUT2D eigenvalue weighted by molar-refractivity contribution is -0.0693. The molecule has 0 saturated heterocycles. The molecule has 0 aromatic heterocycles. The molecule has 3 aliphatic carbocycles. The van der Waals surface area contributed by atoms with E-state index >= 15 is 0 Å². The van der Waals surface area contributed by atoms with E-state index in [0.717, 1.165) is 87.2 Å². The van der Waals surface area contributed by atoms with Crippen LogP contribution in [0.3, 0.4) is 0 Å². The lowest BCUT2D eigenvalue weighted by atomic mass is 9.65. The minimum atomic E-state index is -3.51. The van der Waals surface area contributed by atoms with Crippen LogP contribution in [-0.4, -0.2) is 64.8 Å². The summed E-state index contributed by atoms with van der Waals surface area (Å²) < 4.78 is 41.7. The van der Waals surface area contributed by atoms with Gasteiger partial charge in [0.15, 0.2) is 0 Å². The van der Waals surface area contributed by atoms with Gasteiger partial charge in [-0.2, -0.15) is 8.42 Å². The highest BCUT2D eigenvalue weighted by Crippen LogP contribution is 2.48. The predicted octanol–water partition coefficient (Wildman–Crippen LogP) is 6.09. The number of rotatable bonds is 8. The van der Waals surface area contributed by atoms with Gasteiger partial charge in [0.05, 0.1) is 36.3 Å². The Labute approximate surface area is 259 Å². The molecule has 1 aliphatic heterocycles. The molecule has 2 aromatic carbocycles. The van der Waals surface area contributed by atoms with E-state index in [1.807, 2.05) is 6.07 Å². The van der Waals surface area contributed by atoms with Gasteiger partial charge in [-0.25, -0.2) is 4.79 Å². The predicted molar refractivity (Wildman–Crippen MR) is 166 cm³/mol. The van der Waals surface area contributed by atoms with E-state index in [1.54, 1.807) is 25.3 Å². The van der Waals surface area contributed by atoms with Gasteiger partial charge in [-0.15, -0.1) is 0 Å². The van der Waals surface area contributed by atoms with Crippen molar-refractivity contribution in [2.45, 2.75) is 75.4 Å². The molecule has 2 aromatic rings. The number of carbonyl (C=O) groups is 1. The molecule has 0 amide bonds. The number of anilines is 1. The Balaban J connectivity index is 1.28. The van der Waals surface area contributed by atoms with Gasteiger partial charge in [0, 0.05) is 30.6 Å². The number of aromatic carboxylic acids is 1. The van der Waals surface area contributed by atoms with Crippen molar-refractivity contribution in [2.75, 3.05) is 38.0 Å². The highest BCUT2D eigenvalue weighted by Gasteiger charge is 2.46. The quantitative estimate of drug-likeness (QED) is 0.350. The van der Waals surface area contributed by atoms with Gasteiger partial charge in [-0.05, 0) is 111 Å². The summed E-state index contributed by atoms with van der Waals surface area (Å²) in [5.41, 5.74) is 3.39. The zero-order valence-electron chi connectivity index (χ0n) is 25.0. The van der Waals surface area contributed by atoms with E-state index in [2.05, 4.69) is 17.0 Å². The number of benzene rings is 2. The lowest BCUT2D eigenvalue weighted by Crippen LogP contribution is -2.51. The first-order chi connectivity index (χ1) is 20.5. The van der Waals surface area contributed by atoms with Crippen LogP contribution < -0.4 is 9.64 Å². The fraction of sp³-hybridized carbons (Fsp3) is 0.606. The maximum absolute atomic E-state index is 12.0. The molecule has 6 rings (SSSR count). The Morgan fingerprint density at radius 1 is 1.16 bits per heavy atom. The average molecular weight is 632 g/mol. The number of halogens is 1. The Kier molecular flexibility index (Phi) is 8.72. The summed E-state index contributed by atoms with van der Waals surface area (Å²) in [5.74, 6) is 0.679. The van der Waals surface area contributed by atoms with E-state index in [0.29, 0.717) is 24.9 Å². The zero-order chi connectivity index (χ0) is 30.4. The second-order valence-electron chi connectivity index (χ2n) is 13.1. The first-order valence-corrected chi connectivity index (χ1v) is 17.7. The van der Waals surface area contributed by atoms with Crippen molar-refractivity contribution in [1.82, 2.24) is 0 Å². The van der Waals surface area contributed by atoms with Crippen molar-refractivity contribution in [3.63, 3.8) is 0 Å². The van der Waals surface area contributed by atoms with Crippen molar-refractivity contribution < 1.29 is 32.0 Å². The second kappa shape index (κ2) is 12.2. The highest BCUT2D eigenvalue weighted by atomic mass is 35.5. The highest BCUT2D eigenvalue weighted by molar-refractivity contribution is 7.86. The first kappa shape index (κ1) is 30.7. The normalized spacial score (nSPS) is 29.5. The van der Waals surface area contributed by atoms with Gasteiger partial charge in [0.1, 0.15) is 5.75 Å². The maximum Gasteiger partial charge on any atom is 0.335 e. The van der Waals surface area contributed by atoms with Crippen molar-refractivity contribution in [1.29, 1.82) is 0 Å². The smallest absolute Gasteiger partial charge is 0.335 e. The second-order valence-corrected chi connectivity index (χ2v) is 15.2. The van der Waals surface area contributed by atoms with E-state index in [1.165, 1.54) is 11.1 Å². The van der Waals surface area contributed by atoms with Crippen LogP contribution >= 0.6 is 11.6 Å². The Bertz CT molecular complexity index is 1470. The summed E-state index contributed by atoms with van der Waals surface area (Å²) in [7, 11) is -1.74. The largest absolute Gasteiger partial charge is 0.490 e. The number of carboxylic acid groups (broad SMARTS) is 1. The van der Waals surface area contributed by atoms with Gasteiger partial charge < -0.3 is 19.5 Å². The third-order valence-electron chi connectivity index (χ3n) is 10.4. The molecule has 1 unspecified atom stereocenters. The van der Waals surface area contributed by atoms with E-state index < -0.39 is 16.1 Å². The summed E-state index contributed by atoms with van der Waals surface area (Å²) in [6.45, 7) is 2.02. The van der Waals surface area contributed by atoms with Crippen molar-refractivity contribution in [3.05, 3.63) is 58.1 Å². The van der Waals surface area contributed by atoms with Crippen LogP contribution in [-0.2, 0) is 30.9 Å². The summed E-state index contributed by atoms with van der Waals surface area (Å²) in [6.07, 6.45) is 9.31. The topological polar surface area (TPSA) is 102 Å². The van der Waals surface area contributed by atoms with Gasteiger partial charge >= 0.3 is 5.97 Å². The van der Waals surface area contributed by atoms with Crippen molar-refractivity contribution >= 4 is 33.4 Å². The molecule has 0 radical (unpaired) electrons. The number of aryl methyl sites for hydroxylation is 1. The minimum Gasteiger partial charge on any atom is -0.490 e. The summed E-state index contributed by atoms with van der Waals surface area (Å²) in [4.78, 5) is 14.4. The molecule has 10 heteroatoms. The van der Waals surface area contributed by atoms with E-state index in [9.17, 15) is 18.3 Å². The fourth-order valence-corrected chi connectivity index (χ4v) is 9.18. The minimum absolute atomic E-state index is 0.0178. The monoisotopic (exact) mass is 631 g/mol. The van der Waals surface area contributed by atoms with Crippen LogP contribution in [0.1, 0.15) is 72.9 Å². The summed E-state index contributed by atoms with van der Waals surface area (Å²) in [5, 5.41) is 10.6. The fourth-order valence-electron chi connectivity index (χ4n) is 8.32. The molecule has 4 aliphatic rings. The third-order valence-corrected chi connectivity index (χ3v) is 11.2. The third kappa shape index (κ3) is 6.42. The van der Waals surface area contributed by atoms with E-state index in [4.69, 9.17) is 25.3 Å². The molecule has 1 N–H and O–H groups in total. The van der Waals surface area contributed by atoms with Gasteiger partial charge in [0.2, 0.25) is 0 Å². The molecule has 2 saturated carbocycles. The van der Waals surface area contributed by atoms with Gasteiger partial charge in [0.25, 0.3) is 10.1 Å². The Morgan fingerprint density at radius 2 is 2.00 bits per heavy atom. The lowest BCUT2D eigenvalue weighted by Gasteiger charge is -2.48. The first-order valence-electron chi connectivity index (χ1n) is 15.5. The summed E-state index contributed by atoms with van der Waals surface area (Å²) >= 11 is 6.40. The van der Waals surface area contributed by atoms with Crippen LogP contribution in [0.25, 0.3) is 0 Å². The van der Waals surface area contributed by atoms with Gasteiger partial charge in [-0.1, -0.05) is 24.1 Å². The Morgan fingerprint density at radius 3 is 2.72 bits per heavy atom. The molecule has 1 heterocycles.